The number of aliphatic hydroxyl groups is 1. The Morgan fingerprint density at radius 2 is 2.29 bits per heavy atom. The summed E-state index contributed by atoms with van der Waals surface area (Å²) in [6.45, 7) is 3.31. The number of ether oxygens (including phenoxy) is 2. The highest BCUT2D eigenvalue weighted by molar-refractivity contribution is 5.66. The van der Waals surface area contributed by atoms with Gasteiger partial charge in [0.05, 0.1) is 0 Å². The van der Waals surface area contributed by atoms with Gasteiger partial charge in [-0.05, 0) is 26.2 Å². The first-order valence-corrected chi connectivity index (χ1v) is 5.04. The summed E-state index contributed by atoms with van der Waals surface area (Å²) in [6.07, 6.45) is 1.56. The van der Waals surface area contributed by atoms with E-state index in [2.05, 4.69) is 0 Å². The monoisotopic (exact) mass is 200 g/mol. The van der Waals surface area contributed by atoms with E-state index in [4.69, 9.17) is 9.47 Å². The Bertz CT molecular complexity index is 249. The van der Waals surface area contributed by atoms with Crippen molar-refractivity contribution >= 4 is 5.97 Å². The number of rotatable bonds is 1. The summed E-state index contributed by atoms with van der Waals surface area (Å²) in [5.74, 6) is -0.0635. The minimum absolute atomic E-state index is 0.201. The van der Waals surface area contributed by atoms with Crippen LogP contribution in [-0.4, -0.2) is 29.1 Å². The summed E-state index contributed by atoms with van der Waals surface area (Å²) in [5, 5.41) is 9.55. The van der Waals surface area contributed by atoms with Gasteiger partial charge in [-0.3, -0.25) is 4.79 Å². The van der Waals surface area contributed by atoms with Gasteiger partial charge in [0.25, 0.3) is 0 Å². The predicted molar refractivity (Wildman–Crippen MR) is 48.4 cm³/mol. The highest BCUT2D eigenvalue weighted by Gasteiger charge is 2.52. The van der Waals surface area contributed by atoms with Crippen LogP contribution in [0.15, 0.2) is 0 Å². The molecule has 1 aliphatic carbocycles. The minimum atomic E-state index is -0.680. The maximum atomic E-state index is 10.9. The van der Waals surface area contributed by atoms with Crippen molar-refractivity contribution in [2.24, 2.45) is 5.92 Å². The van der Waals surface area contributed by atoms with Crippen molar-refractivity contribution in [2.75, 3.05) is 0 Å². The van der Waals surface area contributed by atoms with Gasteiger partial charge in [-0.15, -0.1) is 0 Å². The lowest BCUT2D eigenvalue weighted by atomic mass is 9.79. The molecule has 1 aliphatic heterocycles. The molecule has 4 nitrogen and oxygen atoms in total. The van der Waals surface area contributed by atoms with E-state index in [1.165, 1.54) is 6.92 Å². The van der Waals surface area contributed by atoms with Crippen molar-refractivity contribution in [1.29, 1.82) is 0 Å². The Morgan fingerprint density at radius 3 is 2.93 bits per heavy atom. The van der Waals surface area contributed by atoms with Crippen LogP contribution in [0.2, 0.25) is 0 Å². The molecule has 0 spiro atoms. The van der Waals surface area contributed by atoms with Crippen LogP contribution in [0.3, 0.4) is 0 Å². The fourth-order valence-electron chi connectivity index (χ4n) is 2.55. The number of esters is 1. The molecule has 0 aromatic rings. The molecule has 1 heterocycles. The molecule has 1 N–H and O–H groups in total. The van der Waals surface area contributed by atoms with Crippen LogP contribution in [-0.2, 0) is 14.3 Å². The Kier molecular flexibility index (Phi) is 2.27. The third kappa shape index (κ3) is 1.53. The minimum Gasteiger partial charge on any atom is -0.459 e. The fourth-order valence-corrected chi connectivity index (χ4v) is 2.55. The number of hydrogen-bond acceptors (Lipinski definition) is 4. The van der Waals surface area contributed by atoms with Crippen molar-refractivity contribution in [3.05, 3.63) is 0 Å². The maximum absolute atomic E-state index is 10.9. The first kappa shape index (κ1) is 9.93. The average Bonchev–Trinajstić information content (AvgIpc) is 2.30. The van der Waals surface area contributed by atoms with Crippen molar-refractivity contribution < 1.29 is 19.4 Å². The van der Waals surface area contributed by atoms with Gasteiger partial charge in [0.1, 0.15) is 11.7 Å². The van der Waals surface area contributed by atoms with Crippen LogP contribution in [0.4, 0.5) is 0 Å². The number of fused-ring (bicyclic) bond motifs is 2. The summed E-state index contributed by atoms with van der Waals surface area (Å²) in [6, 6.07) is 0. The first-order chi connectivity index (χ1) is 6.51. The molecule has 2 bridgehead atoms. The molecule has 0 radical (unpaired) electrons. The average molecular weight is 200 g/mol. The molecular formula is C10H16O4. The van der Waals surface area contributed by atoms with E-state index in [0.29, 0.717) is 0 Å². The molecule has 4 heteroatoms. The van der Waals surface area contributed by atoms with Crippen LogP contribution in [0, 0.1) is 5.92 Å². The van der Waals surface area contributed by atoms with Crippen LogP contribution >= 0.6 is 0 Å². The van der Waals surface area contributed by atoms with Gasteiger partial charge in [-0.25, -0.2) is 0 Å². The fraction of sp³-hybridized carbons (Fsp3) is 0.900. The van der Waals surface area contributed by atoms with Gasteiger partial charge in [0.15, 0.2) is 6.29 Å². The highest BCUT2D eigenvalue weighted by atomic mass is 16.6. The third-order valence-corrected chi connectivity index (χ3v) is 3.25. The van der Waals surface area contributed by atoms with E-state index in [9.17, 15) is 9.90 Å². The second kappa shape index (κ2) is 3.21. The van der Waals surface area contributed by atoms with Crippen molar-refractivity contribution in [2.45, 2.75) is 51.1 Å². The number of carbonyl (C=O) groups is 1. The second-order valence-electron chi connectivity index (χ2n) is 4.46. The van der Waals surface area contributed by atoms with E-state index in [1.807, 2.05) is 6.92 Å². The van der Waals surface area contributed by atoms with E-state index < -0.39 is 11.9 Å². The quantitative estimate of drug-likeness (QED) is 0.637. The summed E-state index contributed by atoms with van der Waals surface area (Å²) >= 11 is 0. The van der Waals surface area contributed by atoms with Crippen LogP contribution in [0.1, 0.15) is 33.1 Å². The summed E-state index contributed by atoms with van der Waals surface area (Å²) in [4.78, 5) is 10.9. The zero-order valence-electron chi connectivity index (χ0n) is 8.53. The van der Waals surface area contributed by atoms with Crippen LogP contribution in [0.25, 0.3) is 0 Å². The Labute approximate surface area is 83.2 Å². The molecule has 1 saturated heterocycles. The summed E-state index contributed by atoms with van der Waals surface area (Å²) in [5.41, 5.74) is -0.478. The summed E-state index contributed by atoms with van der Waals surface area (Å²) in [7, 11) is 0. The van der Waals surface area contributed by atoms with Crippen LogP contribution < -0.4 is 0 Å². The van der Waals surface area contributed by atoms with E-state index in [0.717, 1.165) is 19.3 Å². The van der Waals surface area contributed by atoms with E-state index >= 15 is 0 Å². The highest BCUT2D eigenvalue weighted by Crippen LogP contribution is 2.45. The van der Waals surface area contributed by atoms with Crippen molar-refractivity contribution in [1.82, 2.24) is 0 Å². The largest absolute Gasteiger partial charge is 0.459 e. The molecule has 4 unspecified atom stereocenters. The second-order valence-corrected chi connectivity index (χ2v) is 4.46. The van der Waals surface area contributed by atoms with Gasteiger partial charge < -0.3 is 14.6 Å². The summed E-state index contributed by atoms with van der Waals surface area (Å²) < 4.78 is 10.7. The number of aliphatic hydroxyl groups excluding tert-OH is 1. The Balaban J connectivity index is 2.10. The van der Waals surface area contributed by atoms with Gasteiger partial charge in [0, 0.05) is 12.8 Å². The zero-order valence-corrected chi connectivity index (χ0v) is 8.53. The Hall–Kier alpha value is -0.610. The normalized spacial score (nSPS) is 46.4. The standard InChI is InChI=1S/C10H16O4/c1-6(11)13-8-4-3-7-5-10(8,2)14-9(7)12/h7-9,12H,3-5H2,1-2H3. The molecule has 2 aliphatic rings. The smallest absolute Gasteiger partial charge is 0.303 e. The lowest BCUT2D eigenvalue weighted by Gasteiger charge is -2.35. The molecule has 0 aromatic heterocycles. The van der Waals surface area contributed by atoms with Gasteiger partial charge in [0.2, 0.25) is 0 Å². The third-order valence-electron chi connectivity index (χ3n) is 3.25. The molecule has 0 aromatic carbocycles. The molecule has 80 valence electrons. The van der Waals surface area contributed by atoms with Crippen molar-refractivity contribution in [3.8, 4) is 0 Å². The van der Waals surface area contributed by atoms with Crippen molar-refractivity contribution in [3.63, 3.8) is 0 Å². The lowest BCUT2D eigenvalue weighted by molar-refractivity contribution is -0.186. The molecule has 2 fully saturated rings. The zero-order chi connectivity index (χ0) is 10.3. The number of carbonyl (C=O) groups excluding carboxylic acids is 1. The molecule has 0 amide bonds. The maximum Gasteiger partial charge on any atom is 0.303 e. The topological polar surface area (TPSA) is 55.8 Å². The lowest BCUT2D eigenvalue weighted by Crippen LogP contribution is -2.43. The molecule has 2 rings (SSSR count). The van der Waals surface area contributed by atoms with Gasteiger partial charge >= 0.3 is 5.97 Å². The molecule has 4 atom stereocenters. The molecular weight excluding hydrogens is 184 g/mol. The van der Waals surface area contributed by atoms with Gasteiger partial charge in [-0.2, -0.15) is 0 Å². The first-order valence-electron chi connectivity index (χ1n) is 5.04. The van der Waals surface area contributed by atoms with E-state index in [1.54, 1.807) is 0 Å². The predicted octanol–water partition coefficient (Wildman–Crippen LogP) is 0.825. The molecule has 14 heavy (non-hydrogen) atoms. The van der Waals surface area contributed by atoms with E-state index in [-0.39, 0.29) is 18.0 Å². The SMILES string of the molecule is CC(=O)OC1CCC2CC1(C)OC2O. The Morgan fingerprint density at radius 1 is 1.57 bits per heavy atom. The number of hydrogen-bond donors (Lipinski definition) is 1. The molecule has 1 saturated carbocycles. The van der Waals surface area contributed by atoms with Gasteiger partial charge in [-0.1, -0.05) is 0 Å². The van der Waals surface area contributed by atoms with Crippen LogP contribution in [0.5, 0.6) is 0 Å².